The molecule has 2 aliphatic heterocycles. The quantitative estimate of drug-likeness (QED) is 0.676. The summed E-state index contributed by atoms with van der Waals surface area (Å²) >= 11 is 0. The number of rotatable bonds is 6. The van der Waals surface area contributed by atoms with Crippen LogP contribution in [0.2, 0.25) is 0 Å². The van der Waals surface area contributed by atoms with Crippen LogP contribution in [-0.2, 0) is 26.0 Å². The fourth-order valence-electron chi connectivity index (χ4n) is 4.65. The second-order valence-electron chi connectivity index (χ2n) is 8.66. The minimum absolute atomic E-state index is 0.0409. The van der Waals surface area contributed by atoms with E-state index in [0.717, 1.165) is 24.1 Å². The van der Waals surface area contributed by atoms with Gasteiger partial charge in [-0.1, -0.05) is 12.1 Å². The lowest BCUT2D eigenvalue weighted by Gasteiger charge is -2.32. The molecule has 9 heteroatoms. The highest BCUT2D eigenvalue weighted by Crippen LogP contribution is 2.32. The predicted molar refractivity (Wildman–Crippen MR) is 131 cm³/mol. The van der Waals surface area contributed by atoms with E-state index >= 15 is 0 Å². The molecule has 0 unspecified atom stereocenters. The molecular weight excluding hydrogens is 454 g/mol. The molecule has 2 aromatic carbocycles. The van der Waals surface area contributed by atoms with E-state index in [1.165, 1.54) is 11.2 Å². The maximum atomic E-state index is 13.3. The van der Waals surface area contributed by atoms with E-state index in [1.807, 2.05) is 25.1 Å². The van der Waals surface area contributed by atoms with Crippen molar-refractivity contribution < 1.29 is 22.7 Å². The third kappa shape index (κ3) is 4.95. The first-order chi connectivity index (χ1) is 16.3. The lowest BCUT2D eigenvalue weighted by atomic mass is 9.97. The number of hydrogen-bond donors (Lipinski definition) is 1. The zero-order valence-electron chi connectivity index (χ0n) is 19.6. The molecule has 0 radical (unpaired) electrons. The summed E-state index contributed by atoms with van der Waals surface area (Å²) in [6.07, 6.45) is 2.45. The van der Waals surface area contributed by atoms with E-state index in [9.17, 15) is 18.0 Å². The van der Waals surface area contributed by atoms with Crippen molar-refractivity contribution in [2.45, 2.75) is 44.4 Å². The summed E-state index contributed by atoms with van der Waals surface area (Å²) in [6, 6.07) is 12.3. The van der Waals surface area contributed by atoms with Gasteiger partial charge in [0.1, 0.15) is 5.75 Å². The van der Waals surface area contributed by atoms with Crippen LogP contribution in [0.5, 0.6) is 5.75 Å². The first-order valence-electron chi connectivity index (χ1n) is 11.7. The van der Waals surface area contributed by atoms with Gasteiger partial charge in [-0.3, -0.25) is 9.59 Å². The van der Waals surface area contributed by atoms with Crippen LogP contribution in [0.25, 0.3) is 0 Å². The van der Waals surface area contributed by atoms with Crippen molar-refractivity contribution in [2.24, 2.45) is 5.92 Å². The van der Waals surface area contributed by atoms with Gasteiger partial charge in [0, 0.05) is 38.2 Å². The zero-order chi connectivity index (χ0) is 24.3. The number of nitrogens with zero attached hydrogens (tertiary/aromatic N) is 2. The smallest absolute Gasteiger partial charge is 0.243 e. The first kappa shape index (κ1) is 24.2. The highest BCUT2D eigenvalue weighted by molar-refractivity contribution is 7.89. The maximum Gasteiger partial charge on any atom is 0.243 e. The van der Waals surface area contributed by atoms with Gasteiger partial charge in [0.15, 0.2) is 0 Å². The summed E-state index contributed by atoms with van der Waals surface area (Å²) in [5.41, 5.74) is 2.29. The topological polar surface area (TPSA) is 96.0 Å². The van der Waals surface area contributed by atoms with Crippen LogP contribution in [0.4, 0.5) is 11.4 Å². The molecule has 0 spiro atoms. The molecule has 1 saturated heterocycles. The van der Waals surface area contributed by atoms with E-state index in [2.05, 4.69) is 5.32 Å². The highest BCUT2D eigenvalue weighted by atomic mass is 32.2. The number of piperidine rings is 1. The molecule has 2 amide bonds. The van der Waals surface area contributed by atoms with Gasteiger partial charge in [-0.2, -0.15) is 4.31 Å². The van der Waals surface area contributed by atoms with Gasteiger partial charge in [-0.25, -0.2) is 8.42 Å². The van der Waals surface area contributed by atoms with Gasteiger partial charge in [-0.05, 0) is 68.5 Å². The summed E-state index contributed by atoms with van der Waals surface area (Å²) in [7, 11) is -3.68. The van der Waals surface area contributed by atoms with Crippen LogP contribution >= 0.6 is 0 Å². The Kier molecular flexibility index (Phi) is 7.23. The average molecular weight is 486 g/mol. The summed E-state index contributed by atoms with van der Waals surface area (Å²) in [5.74, 6) is 0.186. The molecule has 1 N–H and O–H groups in total. The fourth-order valence-corrected chi connectivity index (χ4v) is 6.18. The van der Waals surface area contributed by atoms with E-state index in [1.54, 1.807) is 29.2 Å². The van der Waals surface area contributed by atoms with Gasteiger partial charge in [0.2, 0.25) is 21.8 Å². The molecule has 0 aromatic heterocycles. The predicted octanol–water partition coefficient (Wildman–Crippen LogP) is 3.42. The SMILES string of the molecule is CCOc1ccccc1NC(=O)C1CCN(S(=O)(=O)c2ccc3c(c2)CCCN3C(C)=O)CC1. The summed E-state index contributed by atoms with van der Waals surface area (Å²) in [5, 5.41) is 2.93. The van der Waals surface area contributed by atoms with Crippen molar-refractivity contribution in [3.63, 3.8) is 0 Å². The molecule has 0 atom stereocenters. The molecular formula is C25H31N3O5S. The number of carbonyl (C=O) groups excluding carboxylic acids is 2. The summed E-state index contributed by atoms with van der Waals surface area (Å²) < 4.78 is 33.6. The molecule has 182 valence electrons. The number of benzene rings is 2. The largest absolute Gasteiger partial charge is 0.492 e. The van der Waals surface area contributed by atoms with E-state index in [4.69, 9.17) is 4.74 Å². The van der Waals surface area contributed by atoms with Crippen LogP contribution in [0, 0.1) is 5.92 Å². The maximum absolute atomic E-state index is 13.3. The number of anilines is 2. The van der Waals surface area contributed by atoms with Crippen LogP contribution in [0.15, 0.2) is 47.4 Å². The monoisotopic (exact) mass is 485 g/mol. The lowest BCUT2D eigenvalue weighted by Crippen LogP contribution is -2.41. The molecule has 0 saturated carbocycles. The van der Waals surface area contributed by atoms with Crippen molar-refractivity contribution in [1.82, 2.24) is 4.31 Å². The number of amides is 2. The number of ether oxygens (including phenoxy) is 1. The third-order valence-corrected chi connectivity index (χ3v) is 8.35. The van der Waals surface area contributed by atoms with Gasteiger partial charge in [0.25, 0.3) is 0 Å². The number of para-hydroxylation sites is 2. The van der Waals surface area contributed by atoms with Crippen molar-refractivity contribution in [1.29, 1.82) is 0 Å². The molecule has 1 fully saturated rings. The molecule has 4 rings (SSSR count). The Morgan fingerprint density at radius 1 is 1.09 bits per heavy atom. The Morgan fingerprint density at radius 3 is 2.53 bits per heavy atom. The molecule has 0 aliphatic carbocycles. The van der Waals surface area contributed by atoms with Gasteiger partial charge < -0.3 is 15.0 Å². The van der Waals surface area contributed by atoms with Crippen molar-refractivity contribution in [3.05, 3.63) is 48.0 Å². The average Bonchev–Trinajstić information content (AvgIpc) is 2.84. The fraction of sp³-hybridized carbons (Fsp3) is 0.440. The van der Waals surface area contributed by atoms with Gasteiger partial charge >= 0.3 is 0 Å². The molecule has 8 nitrogen and oxygen atoms in total. The van der Waals surface area contributed by atoms with Crippen LogP contribution < -0.4 is 15.0 Å². The Labute approximate surface area is 200 Å². The highest BCUT2D eigenvalue weighted by Gasteiger charge is 2.33. The van der Waals surface area contributed by atoms with Crippen LogP contribution in [-0.4, -0.2) is 50.8 Å². The van der Waals surface area contributed by atoms with Crippen molar-refractivity contribution in [3.8, 4) is 5.75 Å². The molecule has 2 aromatic rings. The number of carbonyl (C=O) groups is 2. The van der Waals surface area contributed by atoms with E-state index < -0.39 is 10.0 Å². The van der Waals surface area contributed by atoms with Gasteiger partial charge in [-0.15, -0.1) is 0 Å². The van der Waals surface area contributed by atoms with E-state index in [0.29, 0.717) is 37.4 Å². The minimum Gasteiger partial charge on any atom is -0.492 e. The normalized spacial score (nSPS) is 17.2. The Morgan fingerprint density at radius 2 is 1.82 bits per heavy atom. The third-order valence-electron chi connectivity index (χ3n) is 6.46. The molecule has 2 aliphatic rings. The van der Waals surface area contributed by atoms with Crippen molar-refractivity contribution >= 4 is 33.2 Å². The van der Waals surface area contributed by atoms with Gasteiger partial charge in [0.05, 0.1) is 17.2 Å². The Balaban J connectivity index is 1.42. The van der Waals surface area contributed by atoms with Crippen LogP contribution in [0.1, 0.15) is 38.7 Å². The van der Waals surface area contributed by atoms with E-state index in [-0.39, 0.29) is 35.7 Å². The molecule has 2 heterocycles. The number of fused-ring (bicyclic) bond motifs is 1. The second-order valence-corrected chi connectivity index (χ2v) is 10.6. The lowest BCUT2D eigenvalue weighted by molar-refractivity contribution is -0.121. The summed E-state index contributed by atoms with van der Waals surface area (Å²) in [4.78, 5) is 26.7. The number of nitrogens with one attached hydrogen (secondary N) is 1. The molecule has 34 heavy (non-hydrogen) atoms. The number of hydrogen-bond acceptors (Lipinski definition) is 5. The Bertz CT molecular complexity index is 1170. The summed E-state index contributed by atoms with van der Waals surface area (Å²) in [6.45, 7) is 5.12. The number of aryl methyl sites for hydroxylation is 1. The molecule has 0 bridgehead atoms. The Hall–Kier alpha value is -2.91. The van der Waals surface area contributed by atoms with Crippen molar-refractivity contribution in [2.75, 3.05) is 36.5 Å². The number of sulfonamides is 1. The minimum atomic E-state index is -3.68. The first-order valence-corrected chi connectivity index (χ1v) is 13.2. The zero-order valence-corrected chi connectivity index (χ0v) is 20.4. The standard InChI is InChI=1S/C25H31N3O5S/c1-3-33-24-9-5-4-8-22(24)26-25(30)19-12-15-27(16-13-19)34(31,32)21-10-11-23-20(17-21)7-6-14-28(23)18(2)29/h4-5,8-11,17,19H,3,6-7,12-16H2,1-2H3,(H,26,30). The second kappa shape index (κ2) is 10.1. The van der Waals surface area contributed by atoms with Crippen LogP contribution in [0.3, 0.4) is 0 Å².